The number of para-hydroxylation sites is 1. The highest BCUT2D eigenvalue weighted by Gasteiger charge is 2.26. The molecule has 1 fully saturated rings. The Morgan fingerprint density at radius 2 is 2.09 bits per heavy atom. The van der Waals surface area contributed by atoms with Crippen LogP contribution in [0.2, 0.25) is 0 Å². The molecule has 0 bridgehead atoms. The maximum atomic E-state index is 14.1. The van der Waals surface area contributed by atoms with Gasteiger partial charge in [0.15, 0.2) is 17.6 Å². The second kappa shape index (κ2) is 9.80. The van der Waals surface area contributed by atoms with E-state index in [2.05, 4.69) is 27.8 Å². The van der Waals surface area contributed by atoms with Gasteiger partial charge in [-0.15, -0.1) is 0 Å². The Hall–Kier alpha value is -3.42. The smallest absolute Gasteiger partial charge is 0.191 e. The summed E-state index contributed by atoms with van der Waals surface area (Å²) in [5, 5.41) is 7.96. The molecule has 0 aliphatic carbocycles. The average molecular weight is 436 g/mol. The van der Waals surface area contributed by atoms with Gasteiger partial charge >= 0.3 is 0 Å². The molecule has 1 saturated heterocycles. The molecule has 1 aliphatic heterocycles. The van der Waals surface area contributed by atoms with Crippen molar-refractivity contribution >= 4 is 28.5 Å². The number of aliphatic imine (C=N–C) groups is 1. The summed E-state index contributed by atoms with van der Waals surface area (Å²) in [4.78, 5) is 17.8. The first-order valence-electron chi connectivity index (χ1n) is 11.0. The predicted octanol–water partition coefficient (Wildman–Crippen LogP) is 3.17. The zero-order chi connectivity index (χ0) is 22.5. The second-order valence-electron chi connectivity index (χ2n) is 8.13. The van der Waals surface area contributed by atoms with Crippen molar-refractivity contribution in [2.75, 3.05) is 43.5 Å². The van der Waals surface area contributed by atoms with Crippen molar-refractivity contribution in [1.82, 2.24) is 20.6 Å². The number of benzene rings is 1. The summed E-state index contributed by atoms with van der Waals surface area (Å²) < 4.78 is 14.1. The third-order valence-corrected chi connectivity index (χ3v) is 5.57. The monoisotopic (exact) mass is 435 g/mol. The largest absolute Gasteiger partial charge is 0.363 e. The van der Waals surface area contributed by atoms with Crippen LogP contribution in [0.5, 0.6) is 0 Å². The predicted molar refractivity (Wildman–Crippen MR) is 129 cm³/mol. The first kappa shape index (κ1) is 21.8. The van der Waals surface area contributed by atoms with Crippen molar-refractivity contribution in [3.05, 3.63) is 60.0 Å². The minimum absolute atomic E-state index is 0.167. The number of rotatable bonds is 6. The van der Waals surface area contributed by atoms with Crippen molar-refractivity contribution < 1.29 is 4.39 Å². The van der Waals surface area contributed by atoms with Gasteiger partial charge in [-0.25, -0.2) is 19.4 Å². The Morgan fingerprint density at radius 1 is 1.25 bits per heavy atom. The number of fused-ring (bicyclic) bond motifs is 1. The van der Waals surface area contributed by atoms with E-state index < -0.39 is 0 Å². The topological polar surface area (TPSA) is 68.7 Å². The van der Waals surface area contributed by atoms with Crippen LogP contribution in [0.1, 0.15) is 18.9 Å². The lowest BCUT2D eigenvalue weighted by Crippen LogP contribution is -2.44. The fourth-order valence-corrected chi connectivity index (χ4v) is 3.95. The van der Waals surface area contributed by atoms with Gasteiger partial charge in [0.2, 0.25) is 0 Å². The number of anilines is 2. The van der Waals surface area contributed by atoms with Gasteiger partial charge in [-0.05, 0) is 43.2 Å². The molecule has 7 nitrogen and oxygen atoms in total. The Kier molecular flexibility index (Phi) is 6.68. The van der Waals surface area contributed by atoms with E-state index in [4.69, 9.17) is 9.98 Å². The highest BCUT2D eigenvalue weighted by Crippen LogP contribution is 2.23. The Morgan fingerprint density at radius 3 is 2.88 bits per heavy atom. The molecule has 3 heterocycles. The minimum Gasteiger partial charge on any atom is -0.363 e. The number of pyridine rings is 2. The Labute approximate surface area is 188 Å². The molecule has 0 amide bonds. The number of nitrogens with zero attached hydrogens (tertiary/aromatic N) is 5. The molecule has 0 spiro atoms. The van der Waals surface area contributed by atoms with Crippen molar-refractivity contribution in [2.45, 2.75) is 25.9 Å². The van der Waals surface area contributed by atoms with Crippen LogP contribution in [-0.2, 0) is 6.54 Å². The lowest BCUT2D eigenvalue weighted by atomic mass is 10.1. The van der Waals surface area contributed by atoms with Crippen molar-refractivity contribution in [3.8, 4) is 0 Å². The van der Waals surface area contributed by atoms with Gasteiger partial charge in [0.1, 0.15) is 5.82 Å². The van der Waals surface area contributed by atoms with Crippen molar-refractivity contribution in [2.24, 2.45) is 4.99 Å². The van der Waals surface area contributed by atoms with E-state index in [1.165, 1.54) is 6.07 Å². The number of nitrogens with one attached hydrogen (secondary N) is 2. The van der Waals surface area contributed by atoms with E-state index in [0.29, 0.717) is 18.9 Å². The minimum atomic E-state index is -0.282. The van der Waals surface area contributed by atoms with Gasteiger partial charge in [-0.3, -0.25) is 0 Å². The van der Waals surface area contributed by atoms with Gasteiger partial charge in [0.05, 0.1) is 12.1 Å². The highest BCUT2D eigenvalue weighted by molar-refractivity contribution is 5.85. The van der Waals surface area contributed by atoms with E-state index >= 15 is 0 Å². The van der Waals surface area contributed by atoms with Crippen LogP contribution in [-0.4, -0.2) is 55.7 Å². The first-order chi connectivity index (χ1) is 15.5. The number of guanidine groups is 1. The summed E-state index contributed by atoms with van der Waals surface area (Å²) in [6.07, 6.45) is 2.52. The second-order valence-corrected chi connectivity index (χ2v) is 8.13. The highest BCUT2D eigenvalue weighted by atomic mass is 19.1. The van der Waals surface area contributed by atoms with Gasteiger partial charge in [-0.2, -0.15) is 0 Å². The zero-order valence-corrected chi connectivity index (χ0v) is 18.8. The summed E-state index contributed by atoms with van der Waals surface area (Å²) in [7, 11) is 3.98. The molecule has 2 aromatic heterocycles. The molecule has 168 valence electrons. The van der Waals surface area contributed by atoms with Gasteiger partial charge in [0, 0.05) is 51.4 Å². The van der Waals surface area contributed by atoms with E-state index in [1.807, 2.05) is 49.0 Å². The maximum Gasteiger partial charge on any atom is 0.191 e. The lowest BCUT2D eigenvalue weighted by molar-refractivity contribution is 0.612. The molecule has 1 aliphatic rings. The van der Waals surface area contributed by atoms with Crippen LogP contribution in [0.15, 0.2) is 53.7 Å². The number of halogens is 1. The quantitative estimate of drug-likeness (QED) is 0.458. The van der Waals surface area contributed by atoms with Gasteiger partial charge < -0.3 is 20.4 Å². The van der Waals surface area contributed by atoms with E-state index in [0.717, 1.165) is 47.8 Å². The van der Waals surface area contributed by atoms with Crippen LogP contribution in [0.3, 0.4) is 0 Å². The third-order valence-electron chi connectivity index (χ3n) is 5.57. The van der Waals surface area contributed by atoms with Crippen LogP contribution < -0.4 is 20.4 Å². The fourth-order valence-electron chi connectivity index (χ4n) is 3.95. The lowest BCUT2D eigenvalue weighted by Gasteiger charge is -2.20. The first-order valence-corrected chi connectivity index (χ1v) is 11.0. The molecule has 8 heteroatoms. The molecule has 32 heavy (non-hydrogen) atoms. The van der Waals surface area contributed by atoms with Crippen LogP contribution in [0.4, 0.5) is 16.0 Å². The SMILES string of the molecule is CCNC(=NCc1cc(N(C)C)nc2ccccc12)NC1CCN(c2ncccc2F)C1. The third kappa shape index (κ3) is 4.90. The molecule has 4 rings (SSSR count). The maximum absolute atomic E-state index is 14.1. The van der Waals surface area contributed by atoms with Crippen LogP contribution in [0.25, 0.3) is 10.9 Å². The van der Waals surface area contributed by atoms with E-state index in [-0.39, 0.29) is 11.9 Å². The average Bonchev–Trinajstić information content (AvgIpc) is 3.25. The zero-order valence-electron chi connectivity index (χ0n) is 18.8. The number of hydrogen-bond acceptors (Lipinski definition) is 5. The molecule has 0 radical (unpaired) electrons. The van der Waals surface area contributed by atoms with Crippen molar-refractivity contribution in [3.63, 3.8) is 0 Å². The van der Waals surface area contributed by atoms with E-state index in [9.17, 15) is 4.39 Å². The molecular formula is C24H30FN7. The standard InChI is InChI=1S/C24H30FN7/c1-4-26-24(29-18-11-13-32(16-18)23-20(25)9-7-12-27-23)28-15-17-14-22(31(2)3)30-21-10-6-5-8-19(17)21/h5-10,12,14,18H,4,11,13,15-16H2,1-3H3,(H2,26,28,29). The fraction of sp³-hybridized carbons (Fsp3) is 0.375. The molecule has 3 aromatic rings. The number of hydrogen-bond donors (Lipinski definition) is 2. The summed E-state index contributed by atoms with van der Waals surface area (Å²) >= 11 is 0. The molecule has 2 N–H and O–H groups in total. The van der Waals surface area contributed by atoms with E-state index in [1.54, 1.807) is 12.3 Å². The van der Waals surface area contributed by atoms with Crippen LogP contribution >= 0.6 is 0 Å². The normalized spacial score (nSPS) is 16.4. The molecular weight excluding hydrogens is 405 g/mol. The van der Waals surface area contributed by atoms with Crippen molar-refractivity contribution in [1.29, 1.82) is 0 Å². The number of aromatic nitrogens is 2. The molecule has 1 aromatic carbocycles. The van der Waals surface area contributed by atoms with Gasteiger partial charge in [-0.1, -0.05) is 18.2 Å². The summed E-state index contributed by atoms with van der Waals surface area (Å²) in [6, 6.07) is 13.5. The Bertz CT molecular complexity index is 1100. The molecule has 0 saturated carbocycles. The van der Waals surface area contributed by atoms with Crippen LogP contribution in [0, 0.1) is 5.82 Å². The summed E-state index contributed by atoms with van der Waals surface area (Å²) in [6.45, 7) is 4.78. The molecule has 1 atom stereocenters. The Balaban J connectivity index is 1.50. The molecule has 1 unspecified atom stereocenters. The van der Waals surface area contributed by atoms with Gasteiger partial charge in [0.25, 0.3) is 0 Å². The summed E-state index contributed by atoms with van der Waals surface area (Å²) in [5.74, 6) is 1.80. The summed E-state index contributed by atoms with van der Waals surface area (Å²) in [5.41, 5.74) is 2.09.